The summed E-state index contributed by atoms with van der Waals surface area (Å²) < 4.78 is 16.3. The van der Waals surface area contributed by atoms with Gasteiger partial charge < -0.3 is 29.7 Å². The number of rotatable bonds is 8. The van der Waals surface area contributed by atoms with E-state index >= 15 is 0 Å². The van der Waals surface area contributed by atoms with Gasteiger partial charge in [0.2, 0.25) is 6.79 Å². The Morgan fingerprint density at radius 2 is 1.83 bits per heavy atom. The molecule has 9 heteroatoms. The molecular weight excluding hydrogens is 376 g/mol. The summed E-state index contributed by atoms with van der Waals surface area (Å²) in [5, 5.41) is 5.45. The van der Waals surface area contributed by atoms with Crippen molar-refractivity contribution in [2.45, 2.75) is 12.5 Å². The molecule has 3 rings (SSSR count). The fourth-order valence-corrected chi connectivity index (χ4v) is 3.41. The number of hydrogen-bond acceptors (Lipinski definition) is 7. The van der Waals surface area contributed by atoms with Gasteiger partial charge in [-0.3, -0.25) is 14.5 Å². The highest BCUT2D eigenvalue weighted by Crippen LogP contribution is 2.35. The molecule has 0 unspecified atom stereocenters. The molecule has 1 aromatic rings. The quantitative estimate of drug-likeness (QED) is 0.463. The van der Waals surface area contributed by atoms with E-state index in [1.54, 1.807) is 0 Å². The fourth-order valence-electron chi connectivity index (χ4n) is 3.41. The molecule has 1 aromatic carbocycles. The average molecular weight is 406 g/mol. The first-order chi connectivity index (χ1) is 14.0. The zero-order valence-electron chi connectivity index (χ0n) is 17.1. The number of carbonyl (C=O) groups excluding carboxylic acids is 2. The smallest absolute Gasteiger partial charge is 0.309 e. The molecule has 1 atom stereocenters. The number of hydrogen-bond donors (Lipinski definition) is 2. The highest BCUT2D eigenvalue weighted by molar-refractivity contribution is 6.35. The Kier molecular flexibility index (Phi) is 7.68. The van der Waals surface area contributed by atoms with Crippen molar-refractivity contribution in [2.75, 3.05) is 66.8 Å². The zero-order valence-corrected chi connectivity index (χ0v) is 17.1. The van der Waals surface area contributed by atoms with Gasteiger partial charge >= 0.3 is 11.8 Å². The summed E-state index contributed by atoms with van der Waals surface area (Å²) in [6.45, 7) is 4.65. The molecule has 2 aliphatic heterocycles. The van der Waals surface area contributed by atoms with Crippen LogP contribution in [0.5, 0.6) is 11.5 Å². The molecule has 2 amide bonds. The van der Waals surface area contributed by atoms with Crippen molar-refractivity contribution in [3.8, 4) is 11.5 Å². The minimum atomic E-state index is -0.617. The van der Waals surface area contributed by atoms with Gasteiger partial charge in [-0.1, -0.05) is 6.07 Å². The highest BCUT2D eigenvalue weighted by Gasteiger charge is 2.26. The maximum atomic E-state index is 12.3. The lowest BCUT2D eigenvalue weighted by Crippen LogP contribution is -2.47. The first-order valence-electron chi connectivity index (χ1n) is 9.96. The molecule has 2 N–H and O–H groups in total. The van der Waals surface area contributed by atoms with Crippen molar-refractivity contribution in [2.24, 2.45) is 0 Å². The number of nitrogens with zero attached hydrogens (tertiary/aromatic N) is 2. The SMILES string of the molecule is CN(C)CCCNC(=O)C(=O)NC[C@@H](c1ccc2c(c1)OCO2)N1CCOCC1. The molecule has 0 saturated carbocycles. The molecule has 2 heterocycles. The van der Waals surface area contributed by atoms with Gasteiger partial charge in [-0.05, 0) is 44.8 Å². The van der Waals surface area contributed by atoms with Crippen molar-refractivity contribution in [3.63, 3.8) is 0 Å². The maximum absolute atomic E-state index is 12.3. The molecule has 1 fully saturated rings. The summed E-state index contributed by atoms with van der Waals surface area (Å²) in [6, 6.07) is 5.71. The van der Waals surface area contributed by atoms with E-state index in [2.05, 4.69) is 15.5 Å². The van der Waals surface area contributed by atoms with E-state index in [0.29, 0.717) is 32.1 Å². The lowest BCUT2D eigenvalue weighted by atomic mass is 10.0. The van der Waals surface area contributed by atoms with E-state index in [1.807, 2.05) is 37.2 Å². The Bertz CT molecular complexity index is 706. The van der Waals surface area contributed by atoms with Crippen LogP contribution in [0.15, 0.2) is 18.2 Å². The third-order valence-electron chi connectivity index (χ3n) is 5.00. The van der Waals surface area contributed by atoms with Crippen molar-refractivity contribution in [1.29, 1.82) is 0 Å². The van der Waals surface area contributed by atoms with Crippen LogP contribution in [0.2, 0.25) is 0 Å². The predicted octanol–water partition coefficient (Wildman–Crippen LogP) is -0.0273. The van der Waals surface area contributed by atoms with Gasteiger partial charge in [0.15, 0.2) is 11.5 Å². The van der Waals surface area contributed by atoms with Gasteiger partial charge in [0, 0.05) is 26.2 Å². The number of carbonyl (C=O) groups is 2. The topological polar surface area (TPSA) is 92.4 Å². The summed E-state index contributed by atoms with van der Waals surface area (Å²) >= 11 is 0. The van der Waals surface area contributed by atoms with E-state index in [9.17, 15) is 9.59 Å². The van der Waals surface area contributed by atoms with E-state index in [-0.39, 0.29) is 12.8 Å². The van der Waals surface area contributed by atoms with Gasteiger partial charge in [-0.15, -0.1) is 0 Å². The van der Waals surface area contributed by atoms with Gasteiger partial charge in [0.25, 0.3) is 0 Å². The number of ether oxygens (including phenoxy) is 3. The van der Waals surface area contributed by atoms with Gasteiger partial charge in [-0.2, -0.15) is 0 Å². The molecule has 0 radical (unpaired) electrons. The third kappa shape index (κ3) is 6.06. The number of benzene rings is 1. The van der Waals surface area contributed by atoms with E-state index in [0.717, 1.165) is 37.4 Å². The second kappa shape index (κ2) is 10.4. The standard InChI is InChI=1S/C20H30N4O5/c1-23(2)7-3-6-21-19(25)20(26)22-13-16(24-8-10-27-11-9-24)15-4-5-17-18(12-15)29-14-28-17/h4-5,12,16H,3,6-11,13-14H2,1-2H3,(H,21,25)(H,22,26)/t16-/m0/s1. The summed E-state index contributed by atoms with van der Waals surface area (Å²) in [5.74, 6) is 0.199. The van der Waals surface area contributed by atoms with Crippen LogP contribution in [0.1, 0.15) is 18.0 Å². The number of fused-ring (bicyclic) bond motifs is 1. The van der Waals surface area contributed by atoms with Crippen LogP contribution in [0.3, 0.4) is 0 Å². The Morgan fingerprint density at radius 3 is 2.59 bits per heavy atom. The molecule has 0 aromatic heterocycles. The second-order valence-corrected chi connectivity index (χ2v) is 7.40. The molecule has 1 saturated heterocycles. The van der Waals surface area contributed by atoms with Gasteiger partial charge in [-0.25, -0.2) is 0 Å². The van der Waals surface area contributed by atoms with E-state index < -0.39 is 11.8 Å². The van der Waals surface area contributed by atoms with Crippen molar-refractivity contribution in [1.82, 2.24) is 20.4 Å². The molecule has 0 aliphatic carbocycles. The Labute approximate surface area is 171 Å². The first kappa shape index (κ1) is 21.4. The van der Waals surface area contributed by atoms with Crippen LogP contribution in [0, 0.1) is 0 Å². The lowest BCUT2D eigenvalue weighted by molar-refractivity contribution is -0.139. The van der Waals surface area contributed by atoms with Crippen molar-refractivity contribution in [3.05, 3.63) is 23.8 Å². The third-order valence-corrected chi connectivity index (χ3v) is 5.00. The molecule has 9 nitrogen and oxygen atoms in total. The molecular formula is C20H30N4O5. The summed E-state index contributed by atoms with van der Waals surface area (Å²) in [4.78, 5) is 28.6. The van der Waals surface area contributed by atoms with Crippen LogP contribution < -0.4 is 20.1 Å². The fraction of sp³-hybridized carbons (Fsp3) is 0.600. The average Bonchev–Trinajstić information content (AvgIpc) is 3.19. The number of nitrogens with one attached hydrogen (secondary N) is 2. The monoisotopic (exact) mass is 406 g/mol. The van der Waals surface area contributed by atoms with Crippen LogP contribution in [-0.4, -0.2) is 88.4 Å². The lowest BCUT2D eigenvalue weighted by Gasteiger charge is -2.34. The largest absolute Gasteiger partial charge is 0.454 e. The predicted molar refractivity (Wildman–Crippen MR) is 107 cm³/mol. The van der Waals surface area contributed by atoms with Gasteiger partial charge in [0.05, 0.1) is 19.3 Å². The minimum Gasteiger partial charge on any atom is -0.454 e. The van der Waals surface area contributed by atoms with Crippen LogP contribution in [-0.2, 0) is 14.3 Å². The Hall–Kier alpha value is -2.36. The van der Waals surface area contributed by atoms with E-state index in [1.165, 1.54) is 0 Å². The first-order valence-corrected chi connectivity index (χ1v) is 9.96. The van der Waals surface area contributed by atoms with E-state index in [4.69, 9.17) is 14.2 Å². The summed E-state index contributed by atoms with van der Waals surface area (Å²) in [6.07, 6.45) is 0.791. The number of amides is 2. The maximum Gasteiger partial charge on any atom is 0.309 e. The number of morpholine rings is 1. The highest BCUT2D eigenvalue weighted by atomic mass is 16.7. The Balaban J connectivity index is 1.58. The molecule has 0 bridgehead atoms. The minimum absolute atomic E-state index is 0.0844. The molecule has 0 spiro atoms. The summed E-state index contributed by atoms with van der Waals surface area (Å²) in [7, 11) is 3.94. The van der Waals surface area contributed by atoms with Crippen molar-refractivity contribution < 1.29 is 23.8 Å². The molecule has 29 heavy (non-hydrogen) atoms. The van der Waals surface area contributed by atoms with Crippen LogP contribution >= 0.6 is 0 Å². The summed E-state index contributed by atoms with van der Waals surface area (Å²) in [5.41, 5.74) is 1.00. The van der Waals surface area contributed by atoms with Crippen LogP contribution in [0.4, 0.5) is 0 Å². The zero-order chi connectivity index (χ0) is 20.6. The normalized spacial score (nSPS) is 17.2. The molecule has 2 aliphatic rings. The van der Waals surface area contributed by atoms with Crippen LogP contribution in [0.25, 0.3) is 0 Å². The Morgan fingerprint density at radius 1 is 1.10 bits per heavy atom. The van der Waals surface area contributed by atoms with Crippen molar-refractivity contribution >= 4 is 11.8 Å². The molecule has 160 valence electrons. The van der Waals surface area contributed by atoms with Gasteiger partial charge in [0.1, 0.15) is 0 Å². The second-order valence-electron chi connectivity index (χ2n) is 7.40.